The normalized spacial score (nSPS) is 13.5. The van der Waals surface area contributed by atoms with Gasteiger partial charge in [-0.05, 0) is 62.7 Å². The predicted molar refractivity (Wildman–Crippen MR) is 108 cm³/mol. The summed E-state index contributed by atoms with van der Waals surface area (Å²) in [5.41, 5.74) is 5.57. The third-order valence-corrected chi connectivity index (χ3v) is 5.08. The molecule has 27 heavy (non-hydrogen) atoms. The molecule has 2 heterocycles. The van der Waals surface area contributed by atoms with Crippen molar-refractivity contribution in [3.8, 4) is 0 Å². The van der Waals surface area contributed by atoms with Crippen LogP contribution in [0.15, 0.2) is 42.5 Å². The smallest absolute Gasteiger partial charge is 0.259 e. The number of aromatic nitrogens is 1. The average molecular weight is 361 g/mol. The molecule has 0 radical (unpaired) electrons. The summed E-state index contributed by atoms with van der Waals surface area (Å²) in [5, 5.41) is 3.88. The molecule has 2 amide bonds. The summed E-state index contributed by atoms with van der Waals surface area (Å²) in [6, 6.07) is 14.3. The van der Waals surface area contributed by atoms with Crippen LogP contribution in [-0.4, -0.2) is 16.4 Å². The number of carbonyl (C=O) groups excluding carboxylic acids is 2. The first-order valence-corrected chi connectivity index (χ1v) is 9.19. The number of anilines is 2. The van der Waals surface area contributed by atoms with Gasteiger partial charge in [-0.3, -0.25) is 9.59 Å². The number of amides is 2. The lowest BCUT2D eigenvalue weighted by Crippen LogP contribution is -2.22. The van der Waals surface area contributed by atoms with E-state index in [1.165, 1.54) is 18.1 Å². The van der Waals surface area contributed by atoms with Gasteiger partial charge >= 0.3 is 0 Å². The summed E-state index contributed by atoms with van der Waals surface area (Å²) >= 11 is 0. The number of fused-ring (bicyclic) bond motifs is 2. The summed E-state index contributed by atoms with van der Waals surface area (Å²) in [4.78, 5) is 26.0. The van der Waals surface area contributed by atoms with E-state index >= 15 is 0 Å². The molecule has 0 saturated heterocycles. The van der Waals surface area contributed by atoms with E-state index in [0.717, 1.165) is 16.6 Å². The minimum atomic E-state index is -0.146. The van der Waals surface area contributed by atoms with Crippen LogP contribution in [-0.2, 0) is 11.3 Å². The lowest BCUT2D eigenvalue weighted by molar-refractivity contribution is -0.114. The largest absolute Gasteiger partial charge is 0.342 e. The van der Waals surface area contributed by atoms with Crippen LogP contribution in [0.25, 0.3) is 10.9 Å². The van der Waals surface area contributed by atoms with Crippen LogP contribution in [0.5, 0.6) is 0 Å². The third-order valence-electron chi connectivity index (χ3n) is 5.08. The van der Waals surface area contributed by atoms with Crippen LogP contribution < -0.4 is 10.2 Å². The zero-order valence-corrected chi connectivity index (χ0v) is 16.0. The van der Waals surface area contributed by atoms with Gasteiger partial charge in [-0.2, -0.15) is 0 Å². The molecule has 0 bridgehead atoms. The second kappa shape index (κ2) is 6.27. The predicted octanol–water partition coefficient (Wildman–Crippen LogP) is 4.65. The Morgan fingerprint density at radius 1 is 1.11 bits per heavy atom. The molecule has 0 spiro atoms. The van der Waals surface area contributed by atoms with Gasteiger partial charge < -0.3 is 14.8 Å². The molecule has 1 aromatic heterocycles. The minimum Gasteiger partial charge on any atom is -0.342 e. The molecular weight excluding hydrogens is 338 g/mol. The lowest BCUT2D eigenvalue weighted by Gasteiger charge is -2.17. The van der Waals surface area contributed by atoms with Gasteiger partial charge in [0, 0.05) is 46.5 Å². The van der Waals surface area contributed by atoms with Gasteiger partial charge in [0.15, 0.2) is 0 Å². The number of hydrogen-bond donors (Lipinski definition) is 1. The molecule has 4 rings (SSSR count). The van der Waals surface area contributed by atoms with Crippen molar-refractivity contribution in [2.45, 2.75) is 40.3 Å². The molecule has 1 aliphatic rings. The Bertz CT molecular complexity index is 1080. The van der Waals surface area contributed by atoms with Crippen LogP contribution in [0.2, 0.25) is 0 Å². The van der Waals surface area contributed by atoms with Crippen LogP contribution in [0.4, 0.5) is 11.4 Å². The van der Waals surface area contributed by atoms with E-state index in [4.69, 9.17) is 0 Å². The highest BCUT2D eigenvalue weighted by Crippen LogP contribution is 2.33. The number of aryl methyl sites for hydroxylation is 1. The average Bonchev–Trinajstić information content (AvgIpc) is 3.10. The highest BCUT2D eigenvalue weighted by atomic mass is 16.2. The summed E-state index contributed by atoms with van der Waals surface area (Å²) in [7, 11) is 0. The van der Waals surface area contributed by atoms with Crippen molar-refractivity contribution in [3.05, 3.63) is 59.3 Å². The van der Waals surface area contributed by atoms with Gasteiger partial charge in [0.1, 0.15) is 0 Å². The Kier molecular flexibility index (Phi) is 4.02. The molecule has 1 aliphatic heterocycles. The molecule has 2 aromatic carbocycles. The van der Waals surface area contributed by atoms with E-state index in [0.29, 0.717) is 23.8 Å². The highest BCUT2D eigenvalue weighted by molar-refractivity contribution is 6.11. The summed E-state index contributed by atoms with van der Waals surface area (Å²) in [5.74, 6) is -0.177. The van der Waals surface area contributed by atoms with Crippen LogP contribution in [0.3, 0.4) is 0 Å². The Morgan fingerprint density at radius 2 is 1.89 bits per heavy atom. The molecule has 138 valence electrons. The van der Waals surface area contributed by atoms with E-state index in [1.807, 2.05) is 18.2 Å². The molecule has 3 aromatic rings. The van der Waals surface area contributed by atoms with Gasteiger partial charge in [0.05, 0.1) is 6.54 Å². The van der Waals surface area contributed by atoms with Crippen LogP contribution in [0, 0.1) is 6.92 Å². The Morgan fingerprint density at radius 3 is 2.59 bits per heavy atom. The van der Waals surface area contributed by atoms with Gasteiger partial charge in [0.25, 0.3) is 5.91 Å². The van der Waals surface area contributed by atoms with Crippen molar-refractivity contribution in [1.29, 1.82) is 0 Å². The van der Waals surface area contributed by atoms with E-state index in [2.05, 4.69) is 48.9 Å². The second-order valence-corrected chi connectivity index (χ2v) is 7.44. The molecule has 0 aliphatic carbocycles. The fourth-order valence-corrected chi connectivity index (χ4v) is 4.01. The Balaban J connectivity index is 1.70. The van der Waals surface area contributed by atoms with Gasteiger partial charge in [-0.1, -0.05) is 6.07 Å². The molecule has 0 unspecified atom stereocenters. The van der Waals surface area contributed by atoms with E-state index in [-0.39, 0.29) is 11.8 Å². The van der Waals surface area contributed by atoms with Crippen molar-refractivity contribution in [3.63, 3.8) is 0 Å². The third kappa shape index (κ3) is 2.89. The highest BCUT2D eigenvalue weighted by Gasteiger charge is 2.29. The van der Waals surface area contributed by atoms with E-state index in [9.17, 15) is 9.59 Å². The number of hydrogen-bond acceptors (Lipinski definition) is 2. The summed E-state index contributed by atoms with van der Waals surface area (Å²) in [6.07, 6.45) is 0. The molecular formula is C22H23N3O2. The van der Waals surface area contributed by atoms with Crippen molar-refractivity contribution in [2.75, 3.05) is 10.2 Å². The van der Waals surface area contributed by atoms with Crippen molar-refractivity contribution >= 4 is 34.1 Å². The fraction of sp³-hybridized carbons (Fsp3) is 0.273. The van der Waals surface area contributed by atoms with Gasteiger partial charge in [-0.15, -0.1) is 0 Å². The quantitative estimate of drug-likeness (QED) is 0.738. The topological polar surface area (TPSA) is 54.3 Å². The molecule has 1 N–H and O–H groups in total. The lowest BCUT2D eigenvalue weighted by atomic mass is 10.1. The molecule has 0 fully saturated rings. The first kappa shape index (κ1) is 17.3. The number of benzene rings is 2. The maximum Gasteiger partial charge on any atom is 0.259 e. The molecule has 5 heteroatoms. The number of nitrogens with one attached hydrogen (secondary N) is 1. The Hall–Kier alpha value is -3.08. The Labute approximate surface area is 158 Å². The zero-order chi connectivity index (χ0) is 19.3. The monoisotopic (exact) mass is 361 g/mol. The number of nitrogens with zero attached hydrogens (tertiary/aromatic N) is 2. The molecule has 0 atom stereocenters. The van der Waals surface area contributed by atoms with Crippen LogP contribution in [0.1, 0.15) is 48.4 Å². The van der Waals surface area contributed by atoms with Crippen molar-refractivity contribution in [2.24, 2.45) is 0 Å². The van der Waals surface area contributed by atoms with E-state index < -0.39 is 0 Å². The standard InChI is InChI=1S/C22H23N3O2/c1-13(2)25-14(3)9-17-10-19(7-8-21(17)25)24-12-16-5-6-18(23-15(4)26)11-20(16)22(24)27/h5-11,13H,12H2,1-4H3,(H,23,26). The molecule has 0 saturated carbocycles. The minimum absolute atomic E-state index is 0.0310. The summed E-state index contributed by atoms with van der Waals surface area (Å²) < 4.78 is 2.30. The SMILES string of the molecule is CC(=O)Nc1ccc2c(c1)C(=O)N(c1ccc3c(c1)cc(C)n3C(C)C)C2. The second-order valence-electron chi connectivity index (χ2n) is 7.44. The maximum atomic E-state index is 13.0. The van der Waals surface area contributed by atoms with Gasteiger partial charge in [0.2, 0.25) is 5.91 Å². The summed E-state index contributed by atoms with van der Waals surface area (Å²) in [6.45, 7) is 8.47. The van der Waals surface area contributed by atoms with Crippen molar-refractivity contribution < 1.29 is 9.59 Å². The zero-order valence-electron chi connectivity index (χ0n) is 16.0. The number of carbonyl (C=O) groups is 2. The van der Waals surface area contributed by atoms with Crippen LogP contribution >= 0.6 is 0 Å². The first-order valence-electron chi connectivity index (χ1n) is 9.19. The van der Waals surface area contributed by atoms with E-state index in [1.54, 1.807) is 11.0 Å². The maximum absolute atomic E-state index is 13.0. The van der Waals surface area contributed by atoms with Gasteiger partial charge in [-0.25, -0.2) is 0 Å². The molecule has 5 nitrogen and oxygen atoms in total. The first-order chi connectivity index (χ1) is 12.8. The number of rotatable bonds is 3. The fourth-order valence-electron chi connectivity index (χ4n) is 4.01. The van der Waals surface area contributed by atoms with Crippen molar-refractivity contribution in [1.82, 2.24) is 4.57 Å².